The summed E-state index contributed by atoms with van der Waals surface area (Å²) in [5, 5.41) is 14.0. The number of benzene rings is 1. The van der Waals surface area contributed by atoms with Gasteiger partial charge in [0, 0.05) is 41.7 Å². The van der Waals surface area contributed by atoms with Gasteiger partial charge in [-0.1, -0.05) is 5.16 Å². The first-order valence-corrected chi connectivity index (χ1v) is 12.6. The van der Waals surface area contributed by atoms with Crippen LogP contribution < -0.4 is 5.56 Å². The number of hydrogen-bond donors (Lipinski definition) is 1. The zero-order valence-electron chi connectivity index (χ0n) is 20.4. The number of likely N-dealkylation sites (tertiary alicyclic amines) is 1. The number of aryl methyl sites for hydroxylation is 1. The van der Waals surface area contributed by atoms with E-state index in [9.17, 15) is 14.0 Å². The number of carbonyl (C=O) groups is 1. The molecule has 2 aliphatic rings. The van der Waals surface area contributed by atoms with Crippen LogP contribution in [0.15, 0.2) is 27.5 Å². The number of aliphatic carboxylic acids is 1. The Morgan fingerprint density at radius 3 is 2.83 bits per heavy atom. The summed E-state index contributed by atoms with van der Waals surface area (Å²) < 4.78 is 26.3. The van der Waals surface area contributed by atoms with E-state index < -0.39 is 5.97 Å². The highest BCUT2D eigenvalue weighted by Gasteiger charge is 2.28. The predicted molar refractivity (Wildman–Crippen MR) is 129 cm³/mol. The van der Waals surface area contributed by atoms with Crippen LogP contribution in [0.2, 0.25) is 0 Å². The number of ether oxygens (including phenoxy) is 1. The molecule has 2 aliphatic heterocycles. The number of nitrogens with zero attached hydrogens (tertiary/aromatic N) is 4. The van der Waals surface area contributed by atoms with Gasteiger partial charge in [-0.2, -0.15) is 0 Å². The molecule has 9 nitrogen and oxygen atoms in total. The molecule has 5 rings (SSSR count). The number of aromatic nitrogens is 3. The van der Waals surface area contributed by atoms with Crippen molar-refractivity contribution in [3.8, 4) is 0 Å². The highest BCUT2D eigenvalue weighted by atomic mass is 19.1. The number of halogens is 1. The van der Waals surface area contributed by atoms with Crippen LogP contribution in [-0.4, -0.2) is 56.9 Å². The average Bonchev–Trinajstić information content (AvgIpc) is 3.27. The first-order valence-electron chi connectivity index (χ1n) is 12.6. The van der Waals surface area contributed by atoms with Gasteiger partial charge in [0.05, 0.1) is 18.7 Å². The van der Waals surface area contributed by atoms with E-state index in [2.05, 4.69) is 10.1 Å². The number of fused-ring (bicyclic) bond motifs is 2. The summed E-state index contributed by atoms with van der Waals surface area (Å²) in [5.41, 5.74) is 2.82. The van der Waals surface area contributed by atoms with Gasteiger partial charge < -0.3 is 19.3 Å². The minimum atomic E-state index is -0.906. The molecule has 0 aliphatic carbocycles. The molecule has 1 aromatic carbocycles. The Kier molecular flexibility index (Phi) is 7.15. The van der Waals surface area contributed by atoms with E-state index in [1.807, 2.05) is 6.92 Å². The summed E-state index contributed by atoms with van der Waals surface area (Å²) >= 11 is 0. The molecule has 1 unspecified atom stereocenters. The normalized spacial score (nSPS) is 19.0. The van der Waals surface area contributed by atoms with Crippen molar-refractivity contribution in [1.82, 2.24) is 19.6 Å². The average molecular weight is 499 g/mol. The maximum atomic E-state index is 13.5. The fourth-order valence-electron chi connectivity index (χ4n) is 5.41. The Balaban J connectivity index is 1.21. The summed E-state index contributed by atoms with van der Waals surface area (Å²) in [4.78, 5) is 31.2. The lowest BCUT2D eigenvalue weighted by atomic mass is 9.91. The van der Waals surface area contributed by atoms with Gasteiger partial charge in [0.1, 0.15) is 17.7 Å². The molecule has 4 heterocycles. The van der Waals surface area contributed by atoms with Crippen molar-refractivity contribution in [3.63, 3.8) is 0 Å². The van der Waals surface area contributed by atoms with Gasteiger partial charge in [-0.15, -0.1) is 0 Å². The van der Waals surface area contributed by atoms with Crippen LogP contribution >= 0.6 is 0 Å². The third kappa shape index (κ3) is 5.05. The number of carboxylic acid groups (broad SMARTS) is 1. The van der Waals surface area contributed by atoms with Crippen molar-refractivity contribution in [2.75, 3.05) is 26.2 Å². The van der Waals surface area contributed by atoms with E-state index in [1.165, 1.54) is 12.1 Å². The third-order valence-electron chi connectivity index (χ3n) is 7.38. The SMILES string of the molecule is Cc1nc2n(c(=O)c1CCN1CCC(c3noc4cc(F)ccc34)CC1)CCCC2OCCC(=O)O. The quantitative estimate of drug-likeness (QED) is 0.502. The number of piperidine rings is 1. The molecule has 3 aromatic rings. The van der Waals surface area contributed by atoms with Gasteiger partial charge in [0.25, 0.3) is 5.56 Å². The molecule has 0 bridgehead atoms. The molecule has 36 heavy (non-hydrogen) atoms. The Morgan fingerprint density at radius 2 is 2.06 bits per heavy atom. The van der Waals surface area contributed by atoms with E-state index >= 15 is 0 Å². The third-order valence-corrected chi connectivity index (χ3v) is 7.38. The van der Waals surface area contributed by atoms with E-state index in [0.717, 1.165) is 67.7 Å². The molecule has 10 heteroatoms. The number of rotatable bonds is 8. The highest BCUT2D eigenvalue weighted by Crippen LogP contribution is 2.33. The van der Waals surface area contributed by atoms with Crippen molar-refractivity contribution >= 4 is 16.9 Å². The molecule has 1 saturated heterocycles. The first-order chi connectivity index (χ1) is 17.4. The van der Waals surface area contributed by atoms with Crippen LogP contribution in [0.1, 0.15) is 66.9 Å². The highest BCUT2D eigenvalue weighted by molar-refractivity contribution is 5.79. The molecule has 0 radical (unpaired) electrons. The van der Waals surface area contributed by atoms with Crippen LogP contribution in [0.5, 0.6) is 0 Å². The van der Waals surface area contributed by atoms with Crippen LogP contribution in [-0.2, 0) is 22.5 Å². The molecule has 1 fully saturated rings. The van der Waals surface area contributed by atoms with Gasteiger partial charge in [-0.3, -0.25) is 14.2 Å². The zero-order valence-corrected chi connectivity index (χ0v) is 20.4. The maximum Gasteiger partial charge on any atom is 0.305 e. The van der Waals surface area contributed by atoms with Crippen LogP contribution in [0.3, 0.4) is 0 Å². The van der Waals surface area contributed by atoms with Crippen LogP contribution in [0.25, 0.3) is 11.0 Å². The van der Waals surface area contributed by atoms with E-state index in [1.54, 1.807) is 10.6 Å². The van der Waals surface area contributed by atoms with Crippen molar-refractivity contribution < 1.29 is 23.6 Å². The van der Waals surface area contributed by atoms with Crippen LogP contribution in [0.4, 0.5) is 4.39 Å². The van der Waals surface area contributed by atoms with Crippen molar-refractivity contribution in [2.24, 2.45) is 0 Å². The maximum absolute atomic E-state index is 13.5. The minimum absolute atomic E-state index is 0.0137. The van der Waals surface area contributed by atoms with Gasteiger partial charge >= 0.3 is 5.97 Å². The molecule has 1 N–H and O–H groups in total. The van der Waals surface area contributed by atoms with Gasteiger partial charge in [-0.05, 0) is 64.3 Å². The Labute approximate surface area is 207 Å². The molecule has 0 amide bonds. The lowest BCUT2D eigenvalue weighted by Crippen LogP contribution is -2.38. The van der Waals surface area contributed by atoms with Crippen molar-refractivity contribution in [2.45, 2.75) is 64.0 Å². The molecule has 2 aromatic heterocycles. The summed E-state index contributed by atoms with van der Waals surface area (Å²) in [6, 6.07) is 4.55. The topological polar surface area (TPSA) is 111 Å². The number of carboxylic acids is 1. The van der Waals surface area contributed by atoms with E-state index in [0.29, 0.717) is 24.4 Å². The summed E-state index contributed by atoms with van der Waals surface area (Å²) in [6.45, 7) is 5.12. The molecular formula is C26H31FN4O5. The molecule has 0 spiro atoms. The van der Waals surface area contributed by atoms with Gasteiger partial charge in [0.2, 0.25) is 0 Å². The summed E-state index contributed by atoms with van der Waals surface area (Å²) in [7, 11) is 0. The smallest absolute Gasteiger partial charge is 0.305 e. The monoisotopic (exact) mass is 498 g/mol. The minimum Gasteiger partial charge on any atom is -0.481 e. The Morgan fingerprint density at radius 1 is 1.25 bits per heavy atom. The summed E-state index contributed by atoms with van der Waals surface area (Å²) in [5.74, 6) is -0.358. The van der Waals surface area contributed by atoms with Crippen molar-refractivity contribution in [3.05, 3.63) is 57.1 Å². The molecular weight excluding hydrogens is 467 g/mol. The van der Waals surface area contributed by atoms with E-state index in [4.69, 9.17) is 19.4 Å². The largest absolute Gasteiger partial charge is 0.481 e. The summed E-state index contributed by atoms with van der Waals surface area (Å²) in [6.07, 6.45) is 3.59. The second-order valence-electron chi connectivity index (χ2n) is 9.71. The first kappa shape index (κ1) is 24.6. The second-order valence-corrected chi connectivity index (χ2v) is 9.71. The van der Waals surface area contributed by atoms with Gasteiger partial charge in [0.15, 0.2) is 5.58 Å². The Bertz CT molecular complexity index is 1310. The fourth-order valence-corrected chi connectivity index (χ4v) is 5.41. The lowest BCUT2D eigenvalue weighted by Gasteiger charge is -2.31. The molecule has 192 valence electrons. The second kappa shape index (κ2) is 10.5. The molecule has 1 atom stereocenters. The zero-order chi connectivity index (χ0) is 25.2. The predicted octanol–water partition coefficient (Wildman–Crippen LogP) is 3.58. The Hall–Kier alpha value is -3.11. The standard InChI is InChI=1S/C26H31FN4O5/c1-16-19(26(34)31-10-2-3-21(25(31)28-16)35-14-9-23(32)33)8-13-30-11-6-17(7-12-30)24-20-5-4-18(27)15-22(20)36-29-24/h4-5,15,17,21H,2-3,6-14H2,1H3,(H,32,33). The molecule has 0 saturated carbocycles. The lowest BCUT2D eigenvalue weighted by molar-refractivity contribution is -0.138. The fraction of sp³-hybridized carbons (Fsp3) is 0.538. The van der Waals surface area contributed by atoms with Gasteiger partial charge in [-0.25, -0.2) is 9.37 Å². The number of hydrogen-bond acceptors (Lipinski definition) is 7. The van der Waals surface area contributed by atoms with Crippen molar-refractivity contribution in [1.29, 1.82) is 0 Å². The van der Waals surface area contributed by atoms with Crippen LogP contribution in [0, 0.1) is 12.7 Å². The van der Waals surface area contributed by atoms with E-state index in [-0.39, 0.29) is 36.4 Å².